The molecule has 2 aliphatic carbocycles. The molecule has 2 unspecified atom stereocenters. The quantitative estimate of drug-likeness (QED) is 0.345. The van der Waals surface area contributed by atoms with Gasteiger partial charge in [-0.25, -0.2) is 14.4 Å². The predicted molar refractivity (Wildman–Crippen MR) is 113 cm³/mol. The first-order valence-corrected chi connectivity index (χ1v) is 10.7. The average Bonchev–Trinajstić information content (AvgIpc) is 2.69. The molecule has 2 aliphatic rings. The summed E-state index contributed by atoms with van der Waals surface area (Å²) in [5, 5.41) is 0. The van der Waals surface area contributed by atoms with Crippen LogP contribution in [0.4, 0.5) is 0 Å². The minimum Gasteiger partial charge on any atom is -0.459 e. The molecule has 3 atom stereocenters. The molecule has 6 heteroatoms. The van der Waals surface area contributed by atoms with Crippen molar-refractivity contribution in [3.8, 4) is 0 Å². The number of carbonyl (C=O) groups excluding carboxylic acids is 3. The molecule has 0 aliphatic heterocycles. The maximum Gasteiger partial charge on any atom is 0.333 e. The Kier molecular flexibility index (Phi) is 8.44. The minimum atomic E-state index is -0.491. The molecule has 0 bridgehead atoms. The summed E-state index contributed by atoms with van der Waals surface area (Å²) in [5.74, 6) is -0.425. The number of carbonyl (C=O) groups is 3. The highest BCUT2D eigenvalue weighted by Crippen LogP contribution is 2.41. The third kappa shape index (κ3) is 6.57. The highest BCUT2D eigenvalue weighted by molar-refractivity contribution is 5.88. The zero-order valence-corrected chi connectivity index (χ0v) is 18.4. The minimum absolute atomic E-state index is 0.0599. The monoisotopic (exact) mass is 418 g/mol. The second-order valence-electron chi connectivity index (χ2n) is 8.74. The van der Waals surface area contributed by atoms with E-state index in [4.69, 9.17) is 14.2 Å². The van der Waals surface area contributed by atoms with Gasteiger partial charge in [0.25, 0.3) is 0 Å². The lowest BCUT2D eigenvalue weighted by molar-refractivity contribution is -0.169. The SMILES string of the molecule is C=C(C)C(=O)OC1CCC(C2CC[C@@H](OC(=O)C(=C)C)C(OC(=O)C(=C)C)C2)CC1. The number of hydrogen-bond acceptors (Lipinski definition) is 6. The summed E-state index contributed by atoms with van der Waals surface area (Å²) >= 11 is 0. The van der Waals surface area contributed by atoms with Gasteiger partial charge in [-0.05, 0) is 77.6 Å². The molecular weight excluding hydrogens is 384 g/mol. The Balaban J connectivity index is 1.97. The highest BCUT2D eigenvalue weighted by atomic mass is 16.6. The molecular formula is C24H34O6. The fraction of sp³-hybridized carbons (Fsp3) is 0.625. The molecule has 0 N–H and O–H groups in total. The second-order valence-corrected chi connectivity index (χ2v) is 8.74. The summed E-state index contributed by atoms with van der Waals surface area (Å²) in [6.45, 7) is 15.7. The third-order valence-electron chi connectivity index (χ3n) is 5.99. The zero-order chi connectivity index (χ0) is 22.4. The highest BCUT2D eigenvalue weighted by Gasteiger charge is 2.40. The molecule has 30 heavy (non-hydrogen) atoms. The van der Waals surface area contributed by atoms with Gasteiger partial charge in [0.2, 0.25) is 0 Å². The summed E-state index contributed by atoms with van der Waals surface area (Å²) in [6, 6.07) is 0. The van der Waals surface area contributed by atoms with E-state index in [2.05, 4.69) is 19.7 Å². The molecule has 0 radical (unpaired) electrons. The normalized spacial score (nSPS) is 28.7. The lowest BCUT2D eigenvalue weighted by Gasteiger charge is -2.40. The van der Waals surface area contributed by atoms with Crippen LogP contribution in [0.3, 0.4) is 0 Å². The van der Waals surface area contributed by atoms with Crippen molar-refractivity contribution in [2.75, 3.05) is 0 Å². The molecule has 0 heterocycles. The van der Waals surface area contributed by atoms with E-state index in [0.717, 1.165) is 32.1 Å². The van der Waals surface area contributed by atoms with E-state index in [-0.39, 0.29) is 12.1 Å². The molecule has 0 aromatic rings. The topological polar surface area (TPSA) is 78.9 Å². The molecule has 6 nitrogen and oxygen atoms in total. The first-order valence-electron chi connectivity index (χ1n) is 10.7. The summed E-state index contributed by atoms with van der Waals surface area (Å²) < 4.78 is 16.7. The molecule has 0 saturated heterocycles. The second kappa shape index (κ2) is 10.6. The Labute approximate surface area is 179 Å². The molecule has 0 aromatic heterocycles. The first-order chi connectivity index (χ1) is 14.1. The number of esters is 3. The van der Waals surface area contributed by atoms with Gasteiger partial charge in [-0.2, -0.15) is 0 Å². The van der Waals surface area contributed by atoms with Crippen LogP contribution >= 0.6 is 0 Å². The fourth-order valence-corrected chi connectivity index (χ4v) is 4.23. The first kappa shape index (κ1) is 23.9. The predicted octanol–water partition coefficient (Wildman–Crippen LogP) is 4.44. The molecule has 166 valence electrons. The summed E-state index contributed by atoms with van der Waals surface area (Å²) in [4.78, 5) is 35.9. The maximum absolute atomic E-state index is 12.1. The van der Waals surface area contributed by atoms with Crippen molar-refractivity contribution in [3.05, 3.63) is 36.5 Å². The standard InChI is InChI=1S/C24H34O6/c1-14(2)22(25)28-19-10-7-17(8-11-19)18-9-12-20(29-23(26)15(3)4)21(13-18)30-24(27)16(5)6/h17-21H,1,3,5,7-13H2,2,4,6H3/t17?,18?,19?,20-,21?/m1/s1. The number of ether oxygens (including phenoxy) is 3. The Morgan fingerprint density at radius 2 is 1.03 bits per heavy atom. The van der Waals surface area contributed by atoms with E-state index in [1.54, 1.807) is 20.8 Å². The van der Waals surface area contributed by atoms with E-state index < -0.39 is 24.1 Å². The van der Waals surface area contributed by atoms with Gasteiger partial charge in [-0.1, -0.05) is 19.7 Å². The molecule has 2 saturated carbocycles. The smallest absolute Gasteiger partial charge is 0.333 e. The van der Waals surface area contributed by atoms with Crippen LogP contribution in [-0.4, -0.2) is 36.2 Å². The van der Waals surface area contributed by atoms with Gasteiger partial charge < -0.3 is 14.2 Å². The van der Waals surface area contributed by atoms with Crippen LogP contribution in [0.1, 0.15) is 65.7 Å². The van der Waals surface area contributed by atoms with E-state index >= 15 is 0 Å². The van der Waals surface area contributed by atoms with Gasteiger partial charge >= 0.3 is 17.9 Å². The Hall–Kier alpha value is -2.37. The van der Waals surface area contributed by atoms with Crippen LogP contribution in [0.15, 0.2) is 36.5 Å². The van der Waals surface area contributed by atoms with Gasteiger partial charge in [-0.15, -0.1) is 0 Å². The van der Waals surface area contributed by atoms with Crippen molar-refractivity contribution in [2.45, 2.75) is 84.0 Å². The Morgan fingerprint density at radius 1 is 0.600 bits per heavy atom. The van der Waals surface area contributed by atoms with Gasteiger partial charge in [0.05, 0.1) is 0 Å². The van der Waals surface area contributed by atoms with Crippen LogP contribution in [0.5, 0.6) is 0 Å². The van der Waals surface area contributed by atoms with Gasteiger partial charge in [0, 0.05) is 16.7 Å². The molecule has 2 rings (SSSR count). The van der Waals surface area contributed by atoms with Crippen LogP contribution in [0, 0.1) is 11.8 Å². The zero-order valence-electron chi connectivity index (χ0n) is 18.4. The van der Waals surface area contributed by atoms with Gasteiger partial charge in [0.15, 0.2) is 0 Å². The van der Waals surface area contributed by atoms with Crippen LogP contribution in [-0.2, 0) is 28.6 Å². The van der Waals surface area contributed by atoms with E-state index in [1.165, 1.54) is 0 Å². The van der Waals surface area contributed by atoms with E-state index in [1.807, 2.05) is 0 Å². The fourth-order valence-electron chi connectivity index (χ4n) is 4.23. The van der Waals surface area contributed by atoms with Crippen LogP contribution in [0.25, 0.3) is 0 Å². The molecule has 2 fully saturated rings. The summed E-state index contributed by atoms with van der Waals surface area (Å²) in [7, 11) is 0. The van der Waals surface area contributed by atoms with Crippen LogP contribution < -0.4 is 0 Å². The third-order valence-corrected chi connectivity index (χ3v) is 5.99. The largest absolute Gasteiger partial charge is 0.459 e. The lowest BCUT2D eigenvalue weighted by atomic mass is 9.71. The maximum atomic E-state index is 12.1. The Morgan fingerprint density at radius 3 is 1.53 bits per heavy atom. The van der Waals surface area contributed by atoms with Gasteiger partial charge in [-0.3, -0.25) is 0 Å². The lowest BCUT2D eigenvalue weighted by Crippen LogP contribution is -2.43. The van der Waals surface area contributed by atoms with Crippen molar-refractivity contribution in [1.82, 2.24) is 0 Å². The van der Waals surface area contributed by atoms with Crippen molar-refractivity contribution in [3.63, 3.8) is 0 Å². The van der Waals surface area contributed by atoms with Gasteiger partial charge in [0.1, 0.15) is 18.3 Å². The van der Waals surface area contributed by atoms with Crippen LogP contribution in [0.2, 0.25) is 0 Å². The number of rotatable bonds is 7. The van der Waals surface area contributed by atoms with Crippen molar-refractivity contribution in [2.24, 2.45) is 11.8 Å². The summed E-state index contributed by atoms with van der Waals surface area (Å²) in [5.41, 5.74) is 1.06. The molecule has 0 spiro atoms. The molecule has 0 amide bonds. The van der Waals surface area contributed by atoms with Crippen molar-refractivity contribution in [1.29, 1.82) is 0 Å². The van der Waals surface area contributed by atoms with Crippen molar-refractivity contribution >= 4 is 17.9 Å². The summed E-state index contributed by atoms with van der Waals surface area (Å²) in [6.07, 6.45) is 4.72. The van der Waals surface area contributed by atoms with E-state index in [0.29, 0.717) is 41.4 Å². The van der Waals surface area contributed by atoms with Crippen molar-refractivity contribution < 1.29 is 28.6 Å². The average molecular weight is 419 g/mol. The number of hydrogen-bond donors (Lipinski definition) is 0. The molecule has 0 aromatic carbocycles. The Bertz CT molecular complexity index is 713. The van der Waals surface area contributed by atoms with E-state index in [9.17, 15) is 14.4 Å².